The Balaban J connectivity index is 1.30. The summed E-state index contributed by atoms with van der Waals surface area (Å²) in [6.07, 6.45) is 2.03. The van der Waals surface area contributed by atoms with Crippen molar-refractivity contribution in [1.82, 2.24) is 10.3 Å². The van der Waals surface area contributed by atoms with E-state index in [1.54, 1.807) is 6.20 Å². The number of ether oxygens (including phenoxy) is 1. The van der Waals surface area contributed by atoms with Gasteiger partial charge in [-0.1, -0.05) is 18.2 Å². The maximum Gasteiger partial charge on any atom is 0.220 e. The fourth-order valence-corrected chi connectivity index (χ4v) is 4.77. The van der Waals surface area contributed by atoms with Gasteiger partial charge in [-0.2, -0.15) is 5.26 Å². The van der Waals surface area contributed by atoms with Crippen molar-refractivity contribution >= 4 is 28.9 Å². The number of ketones is 1. The van der Waals surface area contributed by atoms with Gasteiger partial charge in [0.05, 0.1) is 23.6 Å². The van der Waals surface area contributed by atoms with E-state index in [1.807, 2.05) is 60.3 Å². The van der Waals surface area contributed by atoms with E-state index in [9.17, 15) is 14.9 Å². The summed E-state index contributed by atoms with van der Waals surface area (Å²) in [6.45, 7) is 6.01. The second-order valence-electron chi connectivity index (χ2n) is 9.30. The largest absolute Gasteiger partial charge is 0.372 e. The van der Waals surface area contributed by atoms with Crippen molar-refractivity contribution in [2.75, 3.05) is 41.9 Å². The van der Waals surface area contributed by atoms with Crippen LogP contribution in [0.1, 0.15) is 32.3 Å². The lowest BCUT2D eigenvalue weighted by atomic mass is 10.1. The van der Waals surface area contributed by atoms with Gasteiger partial charge in [0.25, 0.3) is 0 Å². The minimum atomic E-state index is -0.353. The summed E-state index contributed by atoms with van der Waals surface area (Å²) >= 11 is 0. The van der Waals surface area contributed by atoms with Crippen molar-refractivity contribution in [3.05, 3.63) is 59.6 Å². The zero-order valence-corrected chi connectivity index (χ0v) is 21.2. The smallest absolute Gasteiger partial charge is 0.220 e. The minimum absolute atomic E-state index is 0.00668. The molecule has 1 N–H and O–H groups in total. The molecule has 0 bridgehead atoms. The number of pyridine rings is 1. The molecule has 9 heteroatoms. The number of hydrogen-bond donors (Lipinski definition) is 1. The molecule has 2 aliphatic rings. The molecule has 0 aliphatic carbocycles. The fourth-order valence-electron chi connectivity index (χ4n) is 4.77. The van der Waals surface area contributed by atoms with E-state index in [0.29, 0.717) is 12.4 Å². The van der Waals surface area contributed by atoms with Gasteiger partial charge in [0, 0.05) is 52.8 Å². The number of Topliss-reactive ketones (excluding diaryl/α,β-unsaturated/α-hetero) is 1. The first-order chi connectivity index (χ1) is 17.3. The Morgan fingerprint density at radius 3 is 2.25 bits per heavy atom. The van der Waals surface area contributed by atoms with E-state index in [-0.39, 0.29) is 42.3 Å². The van der Waals surface area contributed by atoms with E-state index < -0.39 is 0 Å². The molecule has 3 heterocycles. The topological polar surface area (TPSA) is 102 Å². The number of benzene rings is 1. The van der Waals surface area contributed by atoms with Crippen LogP contribution in [0.2, 0.25) is 0 Å². The van der Waals surface area contributed by atoms with Gasteiger partial charge in [-0.05, 0) is 37.6 Å². The summed E-state index contributed by atoms with van der Waals surface area (Å²) in [5.41, 5.74) is 2.77. The van der Waals surface area contributed by atoms with Crippen LogP contribution in [0.25, 0.3) is 0 Å². The van der Waals surface area contributed by atoms with Crippen LogP contribution in [0, 0.1) is 11.3 Å². The number of rotatable bonds is 7. The second kappa shape index (κ2) is 10.8. The number of allylic oxidation sites excluding steroid dienone is 1. The summed E-state index contributed by atoms with van der Waals surface area (Å²) in [4.78, 5) is 35.7. The van der Waals surface area contributed by atoms with Crippen molar-refractivity contribution in [3.63, 3.8) is 0 Å². The molecule has 36 heavy (non-hydrogen) atoms. The van der Waals surface area contributed by atoms with E-state index >= 15 is 0 Å². The maximum absolute atomic E-state index is 12.9. The van der Waals surface area contributed by atoms with Crippen LogP contribution >= 0.6 is 0 Å². The number of aromatic nitrogens is 1. The molecule has 0 radical (unpaired) electrons. The number of amides is 1. The highest BCUT2D eigenvalue weighted by atomic mass is 16.5. The highest BCUT2D eigenvalue weighted by Crippen LogP contribution is 2.40. The van der Waals surface area contributed by atoms with Crippen molar-refractivity contribution < 1.29 is 14.3 Å². The molecule has 2 atom stereocenters. The number of fused-ring (bicyclic) bond motifs is 1. The monoisotopic (exact) mass is 488 g/mol. The number of morpholine rings is 1. The molecule has 1 aromatic heterocycles. The minimum Gasteiger partial charge on any atom is -0.372 e. The van der Waals surface area contributed by atoms with Gasteiger partial charge in [-0.15, -0.1) is 0 Å². The first-order valence-corrected chi connectivity index (χ1v) is 12.1. The van der Waals surface area contributed by atoms with Crippen LogP contribution in [-0.2, 0) is 20.9 Å². The Labute approximate surface area is 212 Å². The number of carbonyl (C=O) groups excluding carboxylic acids is 2. The molecule has 9 nitrogen and oxygen atoms in total. The molecule has 1 amide bonds. The number of anilines is 3. The zero-order chi connectivity index (χ0) is 25.8. The maximum atomic E-state index is 12.9. The average Bonchev–Trinajstić information content (AvgIpc) is 3.12. The van der Waals surface area contributed by atoms with Crippen LogP contribution < -0.4 is 20.0 Å². The Morgan fingerprint density at radius 1 is 1.06 bits per heavy atom. The average molecular weight is 489 g/mol. The fraction of sp³-hybridized carbons (Fsp3) is 0.407. The van der Waals surface area contributed by atoms with Crippen molar-refractivity contribution in [2.45, 2.75) is 45.4 Å². The number of nitriles is 1. The molecule has 1 fully saturated rings. The molecular weight excluding hydrogens is 456 g/mol. The molecule has 2 aromatic rings. The Hall–Kier alpha value is -3.90. The molecule has 188 valence electrons. The SMILES string of the molecule is CC1CN(c2ccc(CNC(=O)CCC(=O)C(C#N)=C3N(C)c4ccccc4N3C)cn2)CC(C)O1. The van der Waals surface area contributed by atoms with E-state index in [4.69, 9.17) is 4.74 Å². The van der Waals surface area contributed by atoms with Crippen LogP contribution in [0.4, 0.5) is 17.2 Å². The van der Waals surface area contributed by atoms with Gasteiger partial charge in [-0.3, -0.25) is 9.59 Å². The summed E-state index contributed by atoms with van der Waals surface area (Å²) in [5, 5.41) is 12.6. The summed E-state index contributed by atoms with van der Waals surface area (Å²) < 4.78 is 5.78. The van der Waals surface area contributed by atoms with Crippen molar-refractivity contribution in [2.24, 2.45) is 0 Å². The molecular formula is C27H32N6O3. The van der Waals surface area contributed by atoms with Gasteiger partial charge in [0.1, 0.15) is 23.3 Å². The summed E-state index contributed by atoms with van der Waals surface area (Å²) in [7, 11) is 3.66. The van der Waals surface area contributed by atoms with E-state index in [1.165, 1.54) is 0 Å². The van der Waals surface area contributed by atoms with Gasteiger partial charge >= 0.3 is 0 Å². The molecule has 0 saturated carbocycles. The highest BCUT2D eigenvalue weighted by Gasteiger charge is 2.31. The third-order valence-electron chi connectivity index (χ3n) is 6.48. The van der Waals surface area contributed by atoms with Crippen LogP contribution in [-0.4, -0.2) is 56.1 Å². The highest BCUT2D eigenvalue weighted by molar-refractivity contribution is 6.03. The van der Waals surface area contributed by atoms with Gasteiger partial charge in [-0.25, -0.2) is 4.98 Å². The number of para-hydroxylation sites is 2. The lowest BCUT2D eigenvalue weighted by Gasteiger charge is -2.36. The molecule has 2 aliphatic heterocycles. The second-order valence-corrected chi connectivity index (χ2v) is 9.30. The van der Waals surface area contributed by atoms with Gasteiger partial charge < -0.3 is 24.8 Å². The molecule has 0 spiro atoms. The predicted octanol–water partition coefficient (Wildman–Crippen LogP) is 2.98. The summed E-state index contributed by atoms with van der Waals surface area (Å²) in [6, 6.07) is 13.7. The first-order valence-electron chi connectivity index (χ1n) is 12.1. The molecule has 1 aromatic carbocycles. The van der Waals surface area contributed by atoms with Crippen LogP contribution in [0.15, 0.2) is 54.0 Å². The number of nitrogens with zero attached hydrogens (tertiary/aromatic N) is 5. The normalized spacial score (nSPS) is 19.1. The van der Waals surface area contributed by atoms with Gasteiger partial charge in [0.2, 0.25) is 5.91 Å². The predicted molar refractivity (Wildman–Crippen MR) is 138 cm³/mol. The number of carbonyl (C=O) groups is 2. The quantitative estimate of drug-likeness (QED) is 0.469. The molecule has 1 saturated heterocycles. The third kappa shape index (κ3) is 5.34. The number of nitrogens with one attached hydrogen (secondary N) is 1. The summed E-state index contributed by atoms with van der Waals surface area (Å²) in [5.74, 6) is 0.814. The van der Waals surface area contributed by atoms with Crippen molar-refractivity contribution in [3.8, 4) is 6.07 Å². The molecule has 2 unspecified atom stereocenters. The Kier molecular flexibility index (Phi) is 7.55. The van der Waals surface area contributed by atoms with Crippen molar-refractivity contribution in [1.29, 1.82) is 5.26 Å². The zero-order valence-electron chi connectivity index (χ0n) is 21.2. The lowest BCUT2D eigenvalue weighted by Crippen LogP contribution is -2.45. The first kappa shape index (κ1) is 25.2. The van der Waals surface area contributed by atoms with E-state index in [0.717, 1.165) is 35.8 Å². The lowest BCUT2D eigenvalue weighted by molar-refractivity contribution is -0.124. The molecule has 4 rings (SSSR count). The van der Waals surface area contributed by atoms with Gasteiger partial charge in [0.15, 0.2) is 5.78 Å². The third-order valence-corrected chi connectivity index (χ3v) is 6.48. The standard InChI is InChI=1S/C27H32N6O3/c1-18-16-33(17-19(2)36-18)25-11-9-20(14-29-25)15-30-26(35)12-10-24(34)21(13-28)27-31(3)22-7-5-6-8-23(22)32(27)4/h5-9,11,14,18-19H,10,12,15-17H2,1-4H3,(H,30,35). The Bertz CT molecular complexity index is 1160. The number of hydrogen-bond acceptors (Lipinski definition) is 8. The Morgan fingerprint density at radius 2 is 1.69 bits per heavy atom. The van der Waals surface area contributed by atoms with E-state index in [2.05, 4.69) is 35.1 Å². The van der Waals surface area contributed by atoms with Crippen LogP contribution in [0.5, 0.6) is 0 Å². The van der Waals surface area contributed by atoms with Crippen LogP contribution in [0.3, 0.4) is 0 Å².